The van der Waals surface area contributed by atoms with Crippen LogP contribution in [0.4, 0.5) is 0 Å². The largest absolute Gasteiger partial charge is 0.388 e. The maximum Gasteiger partial charge on any atom is 0.217 e. The van der Waals surface area contributed by atoms with Crippen molar-refractivity contribution < 1.29 is 29.6 Å². The van der Waals surface area contributed by atoms with Crippen molar-refractivity contribution in [1.29, 1.82) is 0 Å². The third kappa shape index (κ3) is 2.89. The summed E-state index contributed by atoms with van der Waals surface area (Å²) in [6, 6.07) is -1.04. The van der Waals surface area contributed by atoms with Gasteiger partial charge in [0.05, 0.1) is 6.61 Å². The first-order valence-electron chi connectivity index (χ1n) is 4.93. The summed E-state index contributed by atoms with van der Waals surface area (Å²) in [5.41, 5.74) is 0. The van der Waals surface area contributed by atoms with E-state index >= 15 is 0 Å². The zero-order valence-corrected chi connectivity index (χ0v) is 9.16. The molecule has 7 nitrogen and oxygen atoms in total. The second-order valence-electron chi connectivity index (χ2n) is 3.73. The molecule has 94 valence electrons. The summed E-state index contributed by atoms with van der Waals surface area (Å²) >= 11 is 0. The maximum absolute atomic E-state index is 10.8. The standard InChI is InChI=1S/C9H17NO6/c1-4(11)10-6-8(13)7(12)5(3-15-2)16-9(6)14/h5-9,12-14H,3H2,1-2H3,(H,10,11)/t5?,6-,7-,8?,9-/m1/s1. The zero-order chi connectivity index (χ0) is 12.3. The summed E-state index contributed by atoms with van der Waals surface area (Å²) in [4.78, 5) is 10.8. The van der Waals surface area contributed by atoms with E-state index in [1.807, 2.05) is 0 Å². The SMILES string of the molecule is COCC1O[C@@H](O)[C@H](NC(C)=O)C(O)[C@@H]1O. The molecule has 0 aliphatic carbocycles. The van der Waals surface area contributed by atoms with Crippen molar-refractivity contribution in [3.63, 3.8) is 0 Å². The van der Waals surface area contributed by atoms with Crippen LogP contribution in [-0.4, -0.2) is 65.6 Å². The number of hydrogen-bond acceptors (Lipinski definition) is 6. The van der Waals surface area contributed by atoms with E-state index < -0.39 is 36.6 Å². The van der Waals surface area contributed by atoms with Gasteiger partial charge in [-0.1, -0.05) is 0 Å². The van der Waals surface area contributed by atoms with Gasteiger partial charge in [-0.25, -0.2) is 0 Å². The van der Waals surface area contributed by atoms with Gasteiger partial charge in [-0.2, -0.15) is 0 Å². The minimum absolute atomic E-state index is 0.0437. The number of hydrogen-bond donors (Lipinski definition) is 4. The molecule has 1 aliphatic heterocycles. The quantitative estimate of drug-likeness (QED) is 0.433. The van der Waals surface area contributed by atoms with Crippen molar-refractivity contribution in [2.45, 2.75) is 37.6 Å². The first-order chi connectivity index (χ1) is 7.47. The molecular formula is C9H17NO6. The summed E-state index contributed by atoms with van der Waals surface area (Å²) in [7, 11) is 1.41. The highest BCUT2D eigenvalue weighted by molar-refractivity contribution is 5.73. The normalized spacial score (nSPS) is 39.4. The lowest BCUT2D eigenvalue weighted by molar-refractivity contribution is -0.255. The van der Waals surface area contributed by atoms with Gasteiger partial charge in [0.15, 0.2) is 6.29 Å². The average molecular weight is 235 g/mol. The average Bonchev–Trinajstić information content (AvgIpc) is 2.21. The Labute approximate surface area is 93.0 Å². The van der Waals surface area contributed by atoms with E-state index in [-0.39, 0.29) is 6.61 Å². The first kappa shape index (κ1) is 13.3. The van der Waals surface area contributed by atoms with E-state index in [0.717, 1.165) is 0 Å². The van der Waals surface area contributed by atoms with Crippen LogP contribution in [-0.2, 0) is 14.3 Å². The van der Waals surface area contributed by atoms with E-state index in [4.69, 9.17) is 9.47 Å². The van der Waals surface area contributed by atoms with Crippen molar-refractivity contribution in [3.05, 3.63) is 0 Å². The Bertz CT molecular complexity index is 248. The van der Waals surface area contributed by atoms with E-state index in [1.54, 1.807) is 0 Å². The van der Waals surface area contributed by atoms with Crippen molar-refractivity contribution >= 4 is 5.91 Å². The molecule has 0 aromatic heterocycles. The summed E-state index contributed by atoms with van der Waals surface area (Å²) in [5, 5.41) is 31.2. The van der Waals surface area contributed by atoms with Crippen LogP contribution in [0.15, 0.2) is 0 Å². The fraction of sp³-hybridized carbons (Fsp3) is 0.889. The van der Waals surface area contributed by atoms with Crippen LogP contribution in [0, 0.1) is 0 Å². The third-order valence-corrected chi connectivity index (χ3v) is 2.42. The molecule has 1 amide bonds. The maximum atomic E-state index is 10.8. The number of ether oxygens (including phenoxy) is 2. The highest BCUT2D eigenvalue weighted by Crippen LogP contribution is 2.20. The molecule has 1 heterocycles. The van der Waals surface area contributed by atoms with Gasteiger partial charge in [0, 0.05) is 14.0 Å². The number of aliphatic hydroxyl groups excluding tert-OH is 3. The third-order valence-electron chi connectivity index (χ3n) is 2.42. The fourth-order valence-corrected chi connectivity index (χ4v) is 1.64. The molecule has 0 spiro atoms. The molecule has 0 radical (unpaired) electrons. The lowest BCUT2D eigenvalue weighted by atomic mass is 9.97. The topological polar surface area (TPSA) is 108 Å². The second-order valence-corrected chi connectivity index (χ2v) is 3.73. The molecule has 0 aromatic rings. The lowest BCUT2D eigenvalue weighted by Gasteiger charge is -2.40. The second kappa shape index (κ2) is 5.55. The molecule has 4 N–H and O–H groups in total. The van der Waals surface area contributed by atoms with Crippen LogP contribution >= 0.6 is 0 Å². The van der Waals surface area contributed by atoms with Gasteiger partial charge < -0.3 is 30.1 Å². The first-order valence-corrected chi connectivity index (χ1v) is 4.93. The molecule has 0 saturated carbocycles. The van der Waals surface area contributed by atoms with Gasteiger partial charge >= 0.3 is 0 Å². The highest BCUT2D eigenvalue weighted by atomic mass is 16.6. The number of aliphatic hydroxyl groups is 3. The van der Waals surface area contributed by atoms with Gasteiger partial charge in [0.2, 0.25) is 5.91 Å². The Hall–Kier alpha value is -0.730. The Morgan fingerprint density at radius 3 is 2.50 bits per heavy atom. The molecule has 5 atom stereocenters. The summed E-state index contributed by atoms with van der Waals surface area (Å²) in [6.07, 6.45) is -4.71. The number of nitrogens with one attached hydrogen (secondary N) is 1. The summed E-state index contributed by atoms with van der Waals surface area (Å²) in [6.45, 7) is 1.29. The summed E-state index contributed by atoms with van der Waals surface area (Å²) < 4.78 is 9.80. The Balaban J connectivity index is 2.67. The number of methoxy groups -OCH3 is 1. The predicted molar refractivity (Wildman–Crippen MR) is 52.4 cm³/mol. The van der Waals surface area contributed by atoms with Crippen LogP contribution in [0.2, 0.25) is 0 Å². The van der Waals surface area contributed by atoms with Gasteiger partial charge in [-0.15, -0.1) is 0 Å². The molecular weight excluding hydrogens is 218 g/mol. The smallest absolute Gasteiger partial charge is 0.217 e. The molecule has 2 unspecified atom stereocenters. The van der Waals surface area contributed by atoms with Crippen molar-refractivity contribution in [2.24, 2.45) is 0 Å². The van der Waals surface area contributed by atoms with Crippen LogP contribution in [0.3, 0.4) is 0 Å². The number of rotatable bonds is 3. The van der Waals surface area contributed by atoms with E-state index in [2.05, 4.69) is 5.32 Å². The van der Waals surface area contributed by atoms with E-state index in [0.29, 0.717) is 0 Å². The molecule has 16 heavy (non-hydrogen) atoms. The van der Waals surface area contributed by atoms with Crippen LogP contribution in [0.1, 0.15) is 6.92 Å². The lowest BCUT2D eigenvalue weighted by Crippen LogP contribution is -2.64. The molecule has 1 fully saturated rings. The van der Waals surface area contributed by atoms with Gasteiger partial charge in [-0.05, 0) is 0 Å². The minimum atomic E-state index is -1.37. The molecule has 7 heteroatoms. The Morgan fingerprint density at radius 1 is 1.38 bits per heavy atom. The number of carbonyl (C=O) groups is 1. The molecule has 1 aliphatic rings. The minimum Gasteiger partial charge on any atom is -0.388 e. The molecule has 1 rings (SSSR count). The number of amides is 1. The van der Waals surface area contributed by atoms with Crippen molar-refractivity contribution in [3.8, 4) is 0 Å². The van der Waals surface area contributed by atoms with Gasteiger partial charge in [-0.3, -0.25) is 4.79 Å². The monoisotopic (exact) mass is 235 g/mol. The van der Waals surface area contributed by atoms with Gasteiger partial charge in [0.1, 0.15) is 24.4 Å². The van der Waals surface area contributed by atoms with Crippen LogP contribution < -0.4 is 5.32 Å². The number of carbonyl (C=O) groups excluding carboxylic acids is 1. The summed E-state index contributed by atoms with van der Waals surface area (Å²) in [5.74, 6) is -0.427. The van der Waals surface area contributed by atoms with Gasteiger partial charge in [0.25, 0.3) is 0 Å². The zero-order valence-electron chi connectivity index (χ0n) is 9.16. The molecule has 0 aromatic carbocycles. The molecule has 1 saturated heterocycles. The van der Waals surface area contributed by atoms with Crippen molar-refractivity contribution in [1.82, 2.24) is 5.32 Å². The van der Waals surface area contributed by atoms with Crippen molar-refractivity contribution in [2.75, 3.05) is 13.7 Å². The van der Waals surface area contributed by atoms with E-state index in [9.17, 15) is 20.1 Å². The van der Waals surface area contributed by atoms with Crippen LogP contribution in [0.25, 0.3) is 0 Å². The molecule has 0 bridgehead atoms. The fourth-order valence-electron chi connectivity index (χ4n) is 1.64. The predicted octanol–water partition coefficient (Wildman–Crippen LogP) is -2.42. The highest BCUT2D eigenvalue weighted by Gasteiger charge is 2.44. The Morgan fingerprint density at radius 2 is 2.00 bits per heavy atom. The van der Waals surface area contributed by atoms with E-state index in [1.165, 1.54) is 14.0 Å². The Kier molecular flexibility index (Phi) is 4.63. The van der Waals surface area contributed by atoms with Crippen LogP contribution in [0.5, 0.6) is 0 Å².